The molecule has 1 N–H and O–H groups in total. The zero-order chi connectivity index (χ0) is 32.5. The number of benzene rings is 1. The molecule has 0 bridgehead atoms. The molecule has 0 atom stereocenters. The van der Waals surface area contributed by atoms with Crippen molar-refractivity contribution in [2.24, 2.45) is 0 Å². The summed E-state index contributed by atoms with van der Waals surface area (Å²) in [5.41, 5.74) is 0.317. The Morgan fingerprint density at radius 2 is 1.91 bits per heavy atom. The number of nitrogens with zero attached hydrogens (tertiary/aromatic N) is 6. The lowest BCUT2D eigenvalue weighted by atomic mass is 10.0. The summed E-state index contributed by atoms with van der Waals surface area (Å²) in [4.78, 5) is 12.3. The Bertz CT molecular complexity index is 2060. The number of nitrogens with one attached hydrogen (secondary N) is 1. The highest BCUT2D eigenvalue weighted by Gasteiger charge is 2.25. The number of rotatable bonds is 11. The van der Waals surface area contributed by atoms with E-state index in [2.05, 4.69) is 39.3 Å². The van der Waals surface area contributed by atoms with Gasteiger partial charge in [0.1, 0.15) is 30.6 Å². The maximum atomic E-state index is 15.8. The molecule has 45 heavy (non-hydrogen) atoms. The fourth-order valence-electron chi connectivity index (χ4n) is 4.47. The lowest BCUT2D eigenvalue weighted by Gasteiger charge is -2.16. The first-order chi connectivity index (χ1) is 21.3. The second-order valence-electron chi connectivity index (χ2n) is 11.2. The molecular weight excluding hydrogens is 644 g/mol. The summed E-state index contributed by atoms with van der Waals surface area (Å²) in [5.74, 6) is -1.91. The number of halogens is 3. The normalized spacial score (nSPS) is 12.0. The smallest absolute Gasteiger partial charge is 0.267 e. The van der Waals surface area contributed by atoms with Gasteiger partial charge < -0.3 is 18.4 Å². The molecule has 0 radical (unpaired) electrons. The first-order valence-corrected chi connectivity index (χ1v) is 19.1. The molecule has 0 saturated heterocycles. The van der Waals surface area contributed by atoms with E-state index >= 15 is 8.78 Å². The predicted octanol–water partition coefficient (Wildman–Crippen LogP) is 6.18. The van der Waals surface area contributed by atoms with E-state index in [0.29, 0.717) is 23.6 Å². The number of hydrogen-bond acceptors (Lipinski definition) is 8. The molecule has 0 fully saturated rings. The average Bonchev–Trinajstić information content (AvgIpc) is 3.60. The maximum absolute atomic E-state index is 15.8. The van der Waals surface area contributed by atoms with Crippen LogP contribution in [-0.4, -0.2) is 54.1 Å². The molecule has 0 spiro atoms. The van der Waals surface area contributed by atoms with Crippen LogP contribution >= 0.6 is 11.6 Å². The number of ether oxygens (including phenoxy) is 2. The molecule has 0 saturated carbocycles. The number of methoxy groups -OCH3 is 1. The van der Waals surface area contributed by atoms with Crippen LogP contribution in [0.25, 0.3) is 28.2 Å². The van der Waals surface area contributed by atoms with Crippen LogP contribution in [0, 0.1) is 23.0 Å². The molecule has 5 rings (SSSR count). The van der Waals surface area contributed by atoms with Gasteiger partial charge >= 0.3 is 0 Å². The first kappa shape index (κ1) is 32.0. The third kappa shape index (κ3) is 6.83. The van der Waals surface area contributed by atoms with Crippen LogP contribution in [0.15, 0.2) is 60.1 Å². The van der Waals surface area contributed by atoms with Crippen LogP contribution in [0.2, 0.25) is 30.7 Å². The van der Waals surface area contributed by atoms with Crippen molar-refractivity contribution in [3.63, 3.8) is 0 Å². The van der Waals surface area contributed by atoms with Gasteiger partial charge in [-0.25, -0.2) is 32.2 Å². The van der Waals surface area contributed by atoms with Crippen LogP contribution in [0.3, 0.4) is 0 Å². The Labute approximate surface area is 264 Å². The molecule has 16 heteroatoms. The minimum Gasteiger partial charge on any atom is -0.480 e. The van der Waals surface area contributed by atoms with Gasteiger partial charge in [-0.3, -0.25) is 4.72 Å². The van der Waals surface area contributed by atoms with Crippen molar-refractivity contribution in [1.29, 1.82) is 5.26 Å². The van der Waals surface area contributed by atoms with E-state index in [4.69, 9.17) is 21.1 Å². The summed E-state index contributed by atoms with van der Waals surface area (Å²) < 4.78 is 73.4. The number of sulfonamides is 1. The molecule has 0 aliphatic carbocycles. The minimum absolute atomic E-state index is 0.0188. The van der Waals surface area contributed by atoms with Crippen LogP contribution in [0.5, 0.6) is 5.88 Å². The van der Waals surface area contributed by atoms with E-state index in [9.17, 15) is 13.7 Å². The first-order valence-electron chi connectivity index (χ1n) is 13.5. The minimum atomic E-state index is -4.44. The van der Waals surface area contributed by atoms with Gasteiger partial charge in [0.2, 0.25) is 5.88 Å². The Balaban J connectivity index is 1.47. The maximum Gasteiger partial charge on any atom is 0.267 e. The van der Waals surface area contributed by atoms with E-state index < -0.39 is 45.9 Å². The zero-order valence-corrected chi connectivity index (χ0v) is 27.2. The second kappa shape index (κ2) is 12.6. The van der Waals surface area contributed by atoms with Gasteiger partial charge in [-0.1, -0.05) is 37.3 Å². The van der Waals surface area contributed by atoms with E-state index in [-0.39, 0.29) is 28.9 Å². The van der Waals surface area contributed by atoms with Gasteiger partial charge in [-0.05, 0) is 30.3 Å². The summed E-state index contributed by atoms with van der Waals surface area (Å²) in [6.07, 6.45) is 5.69. The zero-order valence-electron chi connectivity index (χ0n) is 24.7. The predicted molar refractivity (Wildman–Crippen MR) is 167 cm³/mol. The fourth-order valence-corrected chi connectivity index (χ4v) is 6.65. The van der Waals surface area contributed by atoms with Crippen molar-refractivity contribution in [3.8, 4) is 34.6 Å². The van der Waals surface area contributed by atoms with Gasteiger partial charge in [-0.2, -0.15) is 5.26 Å². The summed E-state index contributed by atoms with van der Waals surface area (Å²) in [5, 5.41) is 9.48. The van der Waals surface area contributed by atoms with Crippen molar-refractivity contribution in [3.05, 3.63) is 77.6 Å². The number of hydrogen-bond donors (Lipinski definition) is 1. The van der Waals surface area contributed by atoms with Gasteiger partial charge in [0.25, 0.3) is 10.0 Å². The standard InChI is InChI=1S/C29H28ClF2N7O4SSi/c1-42-29-24(11-19(30)13-34-29)44(40,41)37-22-7-6-21(31)25(26(22)32)18-5-8-23-27(35-16-38(23)14-18)28-36-20(12-33)15-39(28)17-43-9-10-45(2,3)4/h5-8,11,13-16,37H,9-10,17H2,1-4H3. The monoisotopic (exact) mass is 671 g/mol. The summed E-state index contributed by atoms with van der Waals surface area (Å²) >= 11 is 5.92. The highest BCUT2D eigenvalue weighted by Crippen LogP contribution is 2.34. The summed E-state index contributed by atoms with van der Waals surface area (Å²) in [6.45, 7) is 7.49. The number of imidazole rings is 2. The molecule has 4 aromatic heterocycles. The van der Waals surface area contributed by atoms with Crippen LogP contribution in [-0.2, 0) is 21.5 Å². The largest absolute Gasteiger partial charge is 0.480 e. The third-order valence-electron chi connectivity index (χ3n) is 6.75. The Morgan fingerprint density at radius 3 is 2.62 bits per heavy atom. The lowest BCUT2D eigenvalue weighted by molar-refractivity contribution is 0.0882. The molecule has 234 valence electrons. The van der Waals surface area contributed by atoms with Gasteiger partial charge in [-0.15, -0.1) is 0 Å². The molecule has 0 aliphatic rings. The van der Waals surface area contributed by atoms with E-state index in [1.165, 1.54) is 31.9 Å². The Morgan fingerprint density at radius 1 is 1.13 bits per heavy atom. The molecule has 1 aromatic carbocycles. The highest BCUT2D eigenvalue weighted by molar-refractivity contribution is 7.92. The molecule has 0 amide bonds. The van der Waals surface area contributed by atoms with Crippen LogP contribution < -0.4 is 9.46 Å². The Kier molecular flexibility index (Phi) is 8.94. The molecular formula is C29H28ClF2N7O4SSi. The number of fused-ring (bicyclic) bond motifs is 1. The van der Waals surface area contributed by atoms with Crippen molar-refractivity contribution in [2.75, 3.05) is 18.4 Å². The van der Waals surface area contributed by atoms with Gasteiger partial charge in [0.05, 0.1) is 28.9 Å². The van der Waals surface area contributed by atoms with Crippen LogP contribution in [0.1, 0.15) is 5.69 Å². The van der Waals surface area contributed by atoms with E-state index in [1.54, 1.807) is 21.2 Å². The number of nitriles is 1. The van der Waals surface area contributed by atoms with Crippen molar-refractivity contribution < 1.29 is 26.7 Å². The van der Waals surface area contributed by atoms with Gasteiger partial charge in [0.15, 0.2) is 22.2 Å². The Hall–Kier alpha value is -4.36. The quantitative estimate of drug-likeness (QED) is 0.130. The third-order valence-corrected chi connectivity index (χ3v) is 10.0. The van der Waals surface area contributed by atoms with Crippen LogP contribution in [0.4, 0.5) is 14.5 Å². The van der Waals surface area contributed by atoms with Crippen molar-refractivity contribution in [2.45, 2.75) is 37.3 Å². The lowest BCUT2D eigenvalue weighted by Crippen LogP contribution is -2.22. The average molecular weight is 672 g/mol. The number of anilines is 1. The van der Waals surface area contributed by atoms with E-state index in [0.717, 1.165) is 24.2 Å². The van der Waals surface area contributed by atoms with Crippen molar-refractivity contribution >= 4 is 40.9 Å². The summed E-state index contributed by atoms with van der Waals surface area (Å²) in [6, 6.07) is 9.12. The number of aromatic nitrogens is 5. The molecule has 0 unspecified atom stereocenters. The number of pyridine rings is 2. The van der Waals surface area contributed by atoms with Gasteiger partial charge in [0, 0.05) is 38.8 Å². The highest BCUT2D eigenvalue weighted by atomic mass is 35.5. The molecule has 4 heterocycles. The fraction of sp³-hybridized carbons (Fsp3) is 0.241. The van der Waals surface area contributed by atoms with E-state index in [1.807, 2.05) is 6.07 Å². The molecule has 5 aromatic rings. The molecule has 11 nitrogen and oxygen atoms in total. The molecule has 0 aliphatic heterocycles. The van der Waals surface area contributed by atoms with Crippen molar-refractivity contribution in [1.82, 2.24) is 23.9 Å². The SMILES string of the molecule is COc1ncc(Cl)cc1S(=O)(=O)Nc1ccc(F)c(-c2ccc3c(-c4nc(C#N)cn4COCC[Si](C)(C)C)ncn3c2)c1F. The second-order valence-corrected chi connectivity index (χ2v) is 18.9. The summed E-state index contributed by atoms with van der Waals surface area (Å²) in [7, 11) is -4.51. The topological polar surface area (TPSA) is 136 Å².